The van der Waals surface area contributed by atoms with E-state index in [4.69, 9.17) is 16.3 Å². The highest BCUT2D eigenvalue weighted by Crippen LogP contribution is 2.21. The van der Waals surface area contributed by atoms with Crippen molar-refractivity contribution in [3.8, 4) is 0 Å². The fourth-order valence-corrected chi connectivity index (χ4v) is 2.80. The van der Waals surface area contributed by atoms with E-state index in [0.717, 1.165) is 12.2 Å². The maximum Gasteiger partial charge on any atom is 0.383 e. The molecule has 0 saturated carbocycles. The number of aliphatic imine (C=N–C) groups is 2. The lowest BCUT2D eigenvalue weighted by Gasteiger charge is -2.17. The number of amides is 1. The van der Waals surface area contributed by atoms with Crippen LogP contribution < -0.4 is 10.2 Å². The van der Waals surface area contributed by atoms with Crippen molar-refractivity contribution >= 4 is 52.3 Å². The van der Waals surface area contributed by atoms with Crippen LogP contribution in [0.2, 0.25) is 0 Å². The Kier molecular flexibility index (Phi) is 6.06. The number of anilines is 2. The van der Waals surface area contributed by atoms with Gasteiger partial charge in [0.15, 0.2) is 0 Å². The van der Waals surface area contributed by atoms with Gasteiger partial charge < -0.3 is 15.0 Å². The molecule has 0 atom stereocenters. The standard InChI is InChI=1S/C20H19ClN4O3/c1-13(26)22-15-5-3-14(4-6-15)19-24-18(20(27)28-19)23-16-7-9-17(10-8-16)25(2)12-11-21/h3-10H,11-12H2,1-2H3,(H,22,26). The molecule has 28 heavy (non-hydrogen) atoms. The van der Waals surface area contributed by atoms with Crippen molar-refractivity contribution in [2.45, 2.75) is 6.92 Å². The van der Waals surface area contributed by atoms with Crippen molar-refractivity contribution in [2.24, 2.45) is 9.98 Å². The zero-order valence-electron chi connectivity index (χ0n) is 15.5. The fourth-order valence-electron chi connectivity index (χ4n) is 2.55. The van der Waals surface area contributed by atoms with E-state index in [-0.39, 0.29) is 17.6 Å². The number of rotatable bonds is 6. The van der Waals surface area contributed by atoms with Crippen LogP contribution in [0.15, 0.2) is 58.5 Å². The number of nitrogens with one attached hydrogen (secondary N) is 1. The molecule has 1 aliphatic rings. The molecule has 0 aromatic heterocycles. The highest BCUT2D eigenvalue weighted by molar-refractivity contribution is 6.44. The van der Waals surface area contributed by atoms with Gasteiger partial charge in [-0.2, -0.15) is 4.99 Å². The average molecular weight is 399 g/mol. The number of alkyl halides is 1. The van der Waals surface area contributed by atoms with E-state index in [9.17, 15) is 9.59 Å². The minimum atomic E-state index is -0.607. The van der Waals surface area contributed by atoms with Gasteiger partial charge in [0.25, 0.3) is 0 Å². The maximum atomic E-state index is 12.1. The number of benzene rings is 2. The summed E-state index contributed by atoms with van der Waals surface area (Å²) in [4.78, 5) is 33.6. The van der Waals surface area contributed by atoms with Crippen LogP contribution in [-0.4, -0.2) is 43.1 Å². The molecule has 1 N–H and O–H groups in total. The van der Waals surface area contributed by atoms with Crippen LogP contribution in [0.25, 0.3) is 0 Å². The van der Waals surface area contributed by atoms with Gasteiger partial charge >= 0.3 is 5.97 Å². The first-order valence-corrected chi connectivity index (χ1v) is 9.14. The van der Waals surface area contributed by atoms with Crippen LogP contribution in [-0.2, 0) is 14.3 Å². The fraction of sp³-hybridized carbons (Fsp3) is 0.200. The van der Waals surface area contributed by atoms with E-state index < -0.39 is 5.97 Å². The first-order valence-electron chi connectivity index (χ1n) is 8.61. The van der Waals surface area contributed by atoms with Gasteiger partial charge in [-0.25, -0.2) is 9.79 Å². The molecule has 8 heteroatoms. The smallest absolute Gasteiger partial charge is 0.383 e. The Morgan fingerprint density at radius 1 is 1.18 bits per heavy atom. The van der Waals surface area contributed by atoms with Gasteiger partial charge in [-0.05, 0) is 48.5 Å². The number of hydrogen-bond acceptors (Lipinski definition) is 5. The lowest BCUT2D eigenvalue weighted by Crippen LogP contribution is -2.19. The summed E-state index contributed by atoms with van der Waals surface area (Å²) in [5, 5.41) is 2.67. The van der Waals surface area contributed by atoms with Crippen molar-refractivity contribution in [3.63, 3.8) is 0 Å². The van der Waals surface area contributed by atoms with Crippen molar-refractivity contribution < 1.29 is 14.3 Å². The third kappa shape index (κ3) is 4.75. The third-order valence-electron chi connectivity index (χ3n) is 3.98. The minimum Gasteiger partial charge on any atom is -0.401 e. The van der Waals surface area contributed by atoms with E-state index in [2.05, 4.69) is 15.3 Å². The third-order valence-corrected chi connectivity index (χ3v) is 4.15. The zero-order valence-corrected chi connectivity index (χ0v) is 16.2. The van der Waals surface area contributed by atoms with Crippen LogP contribution in [0.1, 0.15) is 12.5 Å². The van der Waals surface area contributed by atoms with Gasteiger partial charge in [0.1, 0.15) is 0 Å². The Morgan fingerprint density at radius 3 is 2.46 bits per heavy atom. The molecule has 0 saturated heterocycles. The highest BCUT2D eigenvalue weighted by atomic mass is 35.5. The molecule has 0 unspecified atom stereocenters. The predicted molar refractivity (Wildman–Crippen MR) is 111 cm³/mol. The van der Waals surface area contributed by atoms with Crippen LogP contribution >= 0.6 is 11.6 Å². The number of nitrogens with zero attached hydrogens (tertiary/aromatic N) is 3. The van der Waals surface area contributed by atoms with E-state index in [1.54, 1.807) is 36.4 Å². The Bertz CT molecular complexity index is 937. The van der Waals surface area contributed by atoms with Crippen LogP contribution in [0.3, 0.4) is 0 Å². The highest BCUT2D eigenvalue weighted by Gasteiger charge is 2.25. The molecule has 2 aromatic rings. The molecule has 1 heterocycles. The SMILES string of the molecule is CC(=O)Nc1ccc(C2=NC(=Nc3ccc(N(C)CCCl)cc3)C(=O)O2)cc1. The number of cyclic esters (lactones) is 1. The minimum absolute atomic E-state index is 0.0113. The number of hydrogen-bond donors (Lipinski definition) is 1. The molecular formula is C20H19ClN4O3. The molecule has 0 radical (unpaired) electrons. The molecule has 0 spiro atoms. The Labute approximate surface area is 167 Å². The molecule has 7 nitrogen and oxygen atoms in total. The van der Waals surface area contributed by atoms with Crippen LogP contribution in [0.4, 0.5) is 17.1 Å². The second-order valence-electron chi connectivity index (χ2n) is 6.13. The van der Waals surface area contributed by atoms with Crippen molar-refractivity contribution in [1.82, 2.24) is 0 Å². The summed E-state index contributed by atoms with van der Waals surface area (Å²) < 4.78 is 5.22. The Hall–Kier alpha value is -3.19. The van der Waals surface area contributed by atoms with Crippen LogP contribution in [0.5, 0.6) is 0 Å². The summed E-state index contributed by atoms with van der Waals surface area (Å²) in [6.07, 6.45) is 0. The summed E-state index contributed by atoms with van der Waals surface area (Å²) in [6, 6.07) is 14.2. The number of amidine groups is 1. The average Bonchev–Trinajstić information content (AvgIpc) is 3.03. The summed E-state index contributed by atoms with van der Waals surface area (Å²) in [5.41, 5.74) is 2.86. The second-order valence-corrected chi connectivity index (χ2v) is 6.51. The van der Waals surface area contributed by atoms with Gasteiger partial charge in [0, 0.05) is 43.3 Å². The van der Waals surface area contributed by atoms with Gasteiger partial charge in [0.05, 0.1) is 5.69 Å². The molecule has 144 valence electrons. The van der Waals surface area contributed by atoms with Crippen molar-refractivity contribution in [1.29, 1.82) is 0 Å². The summed E-state index contributed by atoms with van der Waals surface area (Å²) in [6.45, 7) is 2.16. The molecule has 0 fully saturated rings. The first-order chi connectivity index (χ1) is 13.5. The first kappa shape index (κ1) is 19.6. The zero-order chi connectivity index (χ0) is 20.1. The van der Waals surface area contributed by atoms with E-state index in [1.165, 1.54) is 6.92 Å². The van der Waals surface area contributed by atoms with Gasteiger partial charge in [-0.15, -0.1) is 11.6 Å². The normalized spacial score (nSPS) is 14.6. The monoisotopic (exact) mass is 398 g/mol. The lowest BCUT2D eigenvalue weighted by atomic mass is 10.2. The predicted octanol–water partition coefficient (Wildman–Crippen LogP) is 3.35. The topological polar surface area (TPSA) is 83.4 Å². The molecule has 2 aromatic carbocycles. The Morgan fingerprint density at radius 2 is 1.86 bits per heavy atom. The number of ether oxygens (including phenoxy) is 1. The van der Waals surface area contributed by atoms with E-state index in [0.29, 0.717) is 22.8 Å². The second kappa shape index (κ2) is 8.67. The Balaban J connectivity index is 1.76. The van der Waals surface area contributed by atoms with E-state index in [1.807, 2.05) is 24.1 Å². The summed E-state index contributed by atoms with van der Waals surface area (Å²) in [5.74, 6) is -0.0642. The number of esters is 1. The lowest BCUT2D eigenvalue weighted by molar-refractivity contribution is -0.127. The number of carbonyl (C=O) groups excluding carboxylic acids is 2. The molecule has 0 bridgehead atoms. The van der Waals surface area contributed by atoms with Gasteiger partial charge in [-0.1, -0.05) is 0 Å². The molecule has 3 rings (SSSR count). The largest absolute Gasteiger partial charge is 0.401 e. The molecule has 1 aliphatic heterocycles. The van der Waals surface area contributed by atoms with E-state index >= 15 is 0 Å². The van der Waals surface area contributed by atoms with Gasteiger partial charge in [0.2, 0.25) is 17.6 Å². The van der Waals surface area contributed by atoms with Gasteiger partial charge in [-0.3, -0.25) is 4.79 Å². The van der Waals surface area contributed by atoms with Crippen LogP contribution in [0, 0.1) is 0 Å². The molecular weight excluding hydrogens is 380 g/mol. The molecule has 0 aliphatic carbocycles. The number of carbonyl (C=O) groups is 2. The summed E-state index contributed by atoms with van der Waals surface area (Å²) >= 11 is 5.75. The number of halogens is 1. The maximum absolute atomic E-state index is 12.1. The quantitative estimate of drug-likeness (QED) is 0.597. The summed E-state index contributed by atoms with van der Waals surface area (Å²) in [7, 11) is 1.95. The van der Waals surface area contributed by atoms with Crippen molar-refractivity contribution in [3.05, 3.63) is 54.1 Å². The molecule has 1 amide bonds. The van der Waals surface area contributed by atoms with Crippen molar-refractivity contribution in [2.75, 3.05) is 29.7 Å².